The predicted octanol–water partition coefficient (Wildman–Crippen LogP) is 4.03. The second-order valence-corrected chi connectivity index (χ2v) is 8.33. The number of anilines is 1. The van der Waals surface area contributed by atoms with Crippen molar-refractivity contribution in [3.63, 3.8) is 0 Å². The third kappa shape index (κ3) is 5.55. The molecule has 2 N–H and O–H groups in total. The first-order chi connectivity index (χ1) is 12.6. The van der Waals surface area contributed by atoms with Crippen LogP contribution in [0.25, 0.3) is 0 Å². The summed E-state index contributed by atoms with van der Waals surface area (Å²) in [7, 11) is 0. The van der Waals surface area contributed by atoms with Crippen LogP contribution in [0.2, 0.25) is 0 Å². The molecule has 2 fully saturated rings. The zero-order valence-electron chi connectivity index (χ0n) is 16.5. The summed E-state index contributed by atoms with van der Waals surface area (Å²) in [5.41, 5.74) is 2.25. The number of nitrogens with zero attached hydrogens (tertiary/aromatic N) is 1. The quantitative estimate of drug-likeness (QED) is 0.808. The van der Waals surface area contributed by atoms with Gasteiger partial charge in [-0.25, -0.2) is 0 Å². The van der Waals surface area contributed by atoms with Crippen LogP contribution in [0.15, 0.2) is 24.3 Å². The molecule has 3 rings (SSSR count). The number of amides is 1. The normalized spacial score (nSPS) is 23.5. The van der Waals surface area contributed by atoms with Crippen molar-refractivity contribution < 1.29 is 4.79 Å². The number of piperidine rings is 2. The lowest BCUT2D eigenvalue weighted by Gasteiger charge is -2.33. The maximum absolute atomic E-state index is 12.4. The van der Waals surface area contributed by atoms with Gasteiger partial charge < -0.3 is 10.6 Å². The number of hydrogen-bond donors (Lipinski definition) is 2. The zero-order chi connectivity index (χ0) is 18.4. The van der Waals surface area contributed by atoms with E-state index in [0.29, 0.717) is 24.3 Å². The van der Waals surface area contributed by atoms with Crippen molar-refractivity contribution in [1.29, 1.82) is 0 Å². The molecule has 26 heavy (non-hydrogen) atoms. The summed E-state index contributed by atoms with van der Waals surface area (Å²) in [6.07, 6.45) is 6.99. The Morgan fingerprint density at radius 1 is 1.19 bits per heavy atom. The summed E-state index contributed by atoms with van der Waals surface area (Å²) >= 11 is 0. The lowest BCUT2D eigenvalue weighted by molar-refractivity contribution is -0.117. The van der Waals surface area contributed by atoms with Crippen LogP contribution in [0.3, 0.4) is 0 Å². The molecule has 0 aromatic heterocycles. The molecule has 2 atom stereocenters. The minimum Gasteiger partial charge on any atom is -0.326 e. The average Bonchev–Trinajstić information content (AvgIpc) is 2.66. The summed E-state index contributed by atoms with van der Waals surface area (Å²) in [6.45, 7) is 8.95. The number of benzene rings is 1. The Hall–Kier alpha value is -1.39. The summed E-state index contributed by atoms with van der Waals surface area (Å²) in [5.74, 6) is 1.28. The molecular weight excluding hydrogens is 322 g/mol. The van der Waals surface area contributed by atoms with Gasteiger partial charge in [-0.3, -0.25) is 9.69 Å². The van der Waals surface area contributed by atoms with Crippen LogP contribution < -0.4 is 10.6 Å². The van der Waals surface area contributed by atoms with E-state index in [2.05, 4.69) is 53.6 Å². The molecule has 0 bridgehead atoms. The van der Waals surface area contributed by atoms with Gasteiger partial charge in [0.15, 0.2) is 0 Å². The molecule has 1 aromatic carbocycles. The second-order valence-electron chi connectivity index (χ2n) is 8.33. The fraction of sp³-hybridized carbons (Fsp3) is 0.682. The standard InChI is InChI=1S/C22H35N3O/c1-17(20-10-12-23-13-11-20)15-22(26)24-21-8-6-19(7-9-21)16-25-14-4-3-5-18(25)2/h6-9,17-18,20,23H,3-5,10-16H2,1-2H3,(H,24,26). The molecule has 2 heterocycles. The van der Waals surface area contributed by atoms with Gasteiger partial charge in [0.2, 0.25) is 5.91 Å². The summed E-state index contributed by atoms with van der Waals surface area (Å²) < 4.78 is 0. The van der Waals surface area contributed by atoms with Gasteiger partial charge in [0.1, 0.15) is 0 Å². The van der Waals surface area contributed by atoms with Gasteiger partial charge in [-0.1, -0.05) is 25.5 Å². The maximum atomic E-state index is 12.4. The highest BCUT2D eigenvalue weighted by molar-refractivity contribution is 5.90. The van der Waals surface area contributed by atoms with E-state index in [0.717, 1.165) is 25.3 Å². The van der Waals surface area contributed by atoms with Crippen LogP contribution in [-0.2, 0) is 11.3 Å². The summed E-state index contributed by atoms with van der Waals surface area (Å²) in [4.78, 5) is 14.9. The highest BCUT2D eigenvalue weighted by Gasteiger charge is 2.22. The number of rotatable bonds is 6. The number of likely N-dealkylation sites (tertiary alicyclic amines) is 1. The van der Waals surface area contributed by atoms with Crippen LogP contribution in [-0.4, -0.2) is 36.5 Å². The lowest BCUT2D eigenvalue weighted by Crippen LogP contribution is -2.36. The molecule has 0 saturated carbocycles. The third-order valence-electron chi connectivity index (χ3n) is 6.26. The van der Waals surface area contributed by atoms with Gasteiger partial charge in [-0.15, -0.1) is 0 Å². The monoisotopic (exact) mass is 357 g/mol. The van der Waals surface area contributed by atoms with Gasteiger partial charge in [-0.05, 0) is 81.8 Å². The van der Waals surface area contributed by atoms with Crippen molar-refractivity contribution in [3.8, 4) is 0 Å². The molecule has 2 unspecified atom stereocenters. The number of carbonyl (C=O) groups excluding carboxylic acids is 1. The zero-order valence-corrected chi connectivity index (χ0v) is 16.5. The SMILES string of the molecule is CC(CC(=O)Nc1ccc(CN2CCCCC2C)cc1)C1CCNCC1. The van der Waals surface area contributed by atoms with Crippen LogP contribution in [0.4, 0.5) is 5.69 Å². The van der Waals surface area contributed by atoms with Gasteiger partial charge in [0.25, 0.3) is 0 Å². The Morgan fingerprint density at radius 2 is 1.92 bits per heavy atom. The predicted molar refractivity (Wildman–Crippen MR) is 108 cm³/mol. The van der Waals surface area contributed by atoms with Gasteiger partial charge in [0.05, 0.1) is 0 Å². The third-order valence-corrected chi connectivity index (χ3v) is 6.26. The van der Waals surface area contributed by atoms with Crippen LogP contribution in [0.1, 0.15) is 57.9 Å². The fourth-order valence-corrected chi connectivity index (χ4v) is 4.40. The highest BCUT2D eigenvalue weighted by Crippen LogP contribution is 2.25. The van der Waals surface area contributed by atoms with Gasteiger partial charge >= 0.3 is 0 Å². The Labute approximate surface area is 158 Å². The first-order valence-electron chi connectivity index (χ1n) is 10.5. The van der Waals surface area contributed by atoms with Crippen molar-refractivity contribution >= 4 is 11.6 Å². The van der Waals surface area contributed by atoms with E-state index in [1.807, 2.05) is 0 Å². The van der Waals surface area contributed by atoms with E-state index in [1.54, 1.807) is 0 Å². The molecule has 0 spiro atoms. The Morgan fingerprint density at radius 3 is 2.62 bits per heavy atom. The molecule has 4 nitrogen and oxygen atoms in total. The summed E-state index contributed by atoms with van der Waals surface area (Å²) in [5, 5.41) is 6.48. The van der Waals surface area contributed by atoms with Crippen LogP contribution >= 0.6 is 0 Å². The Kier molecular flexibility index (Phi) is 7.09. The molecule has 0 radical (unpaired) electrons. The van der Waals surface area contributed by atoms with E-state index in [1.165, 1.54) is 44.2 Å². The van der Waals surface area contributed by atoms with Crippen molar-refractivity contribution in [2.24, 2.45) is 11.8 Å². The van der Waals surface area contributed by atoms with E-state index in [-0.39, 0.29) is 5.91 Å². The molecule has 144 valence electrons. The summed E-state index contributed by atoms with van der Waals surface area (Å²) in [6, 6.07) is 9.11. The topological polar surface area (TPSA) is 44.4 Å². The largest absolute Gasteiger partial charge is 0.326 e. The second kappa shape index (κ2) is 9.52. The molecule has 4 heteroatoms. The molecule has 2 aliphatic heterocycles. The van der Waals surface area contributed by atoms with Crippen molar-refractivity contribution in [2.45, 2.75) is 65.0 Å². The fourth-order valence-electron chi connectivity index (χ4n) is 4.40. The van der Waals surface area contributed by atoms with Crippen molar-refractivity contribution in [3.05, 3.63) is 29.8 Å². The lowest BCUT2D eigenvalue weighted by atomic mass is 9.84. The number of hydrogen-bond acceptors (Lipinski definition) is 3. The number of nitrogens with one attached hydrogen (secondary N) is 2. The van der Waals surface area contributed by atoms with Crippen LogP contribution in [0.5, 0.6) is 0 Å². The Balaban J connectivity index is 1.46. The van der Waals surface area contributed by atoms with Crippen LogP contribution in [0, 0.1) is 11.8 Å². The molecule has 0 aliphatic carbocycles. The molecule has 2 aliphatic rings. The van der Waals surface area contributed by atoms with E-state index in [4.69, 9.17) is 0 Å². The smallest absolute Gasteiger partial charge is 0.224 e. The molecule has 1 amide bonds. The average molecular weight is 358 g/mol. The van der Waals surface area contributed by atoms with Gasteiger partial charge in [0, 0.05) is 24.7 Å². The van der Waals surface area contributed by atoms with Crippen molar-refractivity contribution in [2.75, 3.05) is 25.0 Å². The molecule has 2 saturated heterocycles. The Bertz CT molecular complexity index is 565. The van der Waals surface area contributed by atoms with Crippen molar-refractivity contribution in [1.82, 2.24) is 10.2 Å². The van der Waals surface area contributed by atoms with E-state index in [9.17, 15) is 4.79 Å². The highest BCUT2D eigenvalue weighted by atomic mass is 16.1. The van der Waals surface area contributed by atoms with E-state index >= 15 is 0 Å². The van der Waals surface area contributed by atoms with Gasteiger partial charge in [-0.2, -0.15) is 0 Å². The molecular formula is C22H35N3O. The minimum absolute atomic E-state index is 0.147. The van der Waals surface area contributed by atoms with E-state index < -0.39 is 0 Å². The number of carbonyl (C=O) groups is 1. The minimum atomic E-state index is 0.147. The molecule has 1 aromatic rings. The maximum Gasteiger partial charge on any atom is 0.224 e. The first kappa shape index (κ1) is 19.4. The first-order valence-corrected chi connectivity index (χ1v) is 10.5.